The predicted molar refractivity (Wildman–Crippen MR) is 97.1 cm³/mol. The summed E-state index contributed by atoms with van der Waals surface area (Å²) in [6.07, 6.45) is 2.39. The average molecular weight is 366 g/mol. The highest BCUT2D eigenvalue weighted by Gasteiger charge is 2.40. The number of amides is 1. The minimum atomic E-state index is -0.526. The van der Waals surface area contributed by atoms with Crippen LogP contribution in [0.5, 0.6) is 5.75 Å². The Hall–Kier alpha value is -1.72. The predicted octanol–water partition coefficient (Wildman–Crippen LogP) is 4.14. The Bertz CT molecular complexity index is 695. The number of rotatable bonds is 2. The van der Waals surface area contributed by atoms with Gasteiger partial charge in [0.05, 0.1) is 37.4 Å². The highest BCUT2D eigenvalue weighted by atomic mass is 35.5. The SMILES string of the molecule is COc1cccc(Cl)c1C1=CC2COCC(C1)N2C(=O)OC(C)(C)C. The second-order valence-corrected chi connectivity index (χ2v) is 7.77. The van der Waals surface area contributed by atoms with Gasteiger partial charge in [0.1, 0.15) is 11.4 Å². The molecule has 1 saturated heterocycles. The summed E-state index contributed by atoms with van der Waals surface area (Å²) >= 11 is 6.43. The van der Waals surface area contributed by atoms with Gasteiger partial charge in [-0.3, -0.25) is 4.90 Å². The summed E-state index contributed by atoms with van der Waals surface area (Å²) in [7, 11) is 1.63. The molecular weight excluding hydrogens is 342 g/mol. The van der Waals surface area contributed by atoms with Crippen LogP contribution in [0.1, 0.15) is 32.8 Å². The molecule has 136 valence electrons. The summed E-state index contributed by atoms with van der Waals surface area (Å²) in [5.41, 5.74) is 1.45. The summed E-state index contributed by atoms with van der Waals surface area (Å²) in [6, 6.07) is 5.37. The minimum absolute atomic E-state index is 0.0745. The van der Waals surface area contributed by atoms with E-state index in [2.05, 4.69) is 0 Å². The van der Waals surface area contributed by atoms with Crippen molar-refractivity contribution in [1.82, 2.24) is 4.90 Å². The Morgan fingerprint density at radius 3 is 2.72 bits per heavy atom. The molecule has 25 heavy (non-hydrogen) atoms. The number of ether oxygens (including phenoxy) is 3. The van der Waals surface area contributed by atoms with Crippen LogP contribution in [0.2, 0.25) is 5.02 Å². The van der Waals surface area contributed by atoms with Gasteiger partial charge in [-0.25, -0.2) is 4.79 Å². The molecule has 2 aliphatic rings. The second-order valence-electron chi connectivity index (χ2n) is 7.36. The molecule has 2 bridgehead atoms. The van der Waals surface area contributed by atoms with Gasteiger partial charge in [0, 0.05) is 5.56 Å². The van der Waals surface area contributed by atoms with Crippen molar-refractivity contribution in [2.75, 3.05) is 20.3 Å². The molecule has 0 saturated carbocycles. The third-order valence-corrected chi connectivity index (χ3v) is 4.63. The molecule has 0 aromatic heterocycles. The molecule has 1 amide bonds. The fourth-order valence-corrected chi connectivity index (χ4v) is 3.65. The Balaban J connectivity index is 1.93. The zero-order chi connectivity index (χ0) is 18.2. The Labute approximate surface area is 153 Å². The van der Waals surface area contributed by atoms with Crippen LogP contribution in [0.4, 0.5) is 4.79 Å². The summed E-state index contributed by atoms with van der Waals surface area (Å²) in [4.78, 5) is 14.4. The van der Waals surface area contributed by atoms with E-state index in [-0.39, 0.29) is 18.2 Å². The number of benzene rings is 1. The lowest BCUT2D eigenvalue weighted by molar-refractivity contribution is -0.0510. The zero-order valence-electron chi connectivity index (χ0n) is 15.0. The standard InChI is InChI=1S/C19H24ClNO4/c1-19(2,3)25-18(22)21-13-8-12(9-14(21)11-24-10-13)17-15(20)6-5-7-16(17)23-4/h5-8,13-14H,9-11H2,1-4H3. The van der Waals surface area contributed by atoms with E-state index in [1.54, 1.807) is 12.0 Å². The molecule has 2 unspecified atom stereocenters. The summed E-state index contributed by atoms with van der Waals surface area (Å²) in [5.74, 6) is 0.739. The third kappa shape index (κ3) is 3.77. The quantitative estimate of drug-likeness (QED) is 0.790. The Morgan fingerprint density at radius 1 is 1.32 bits per heavy atom. The van der Waals surface area contributed by atoms with Crippen LogP contribution in [-0.4, -0.2) is 49.0 Å². The average Bonchev–Trinajstić information content (AvgIpc) is 2.51. The van der Waals surface area contributed by atoms with Crippen molar-refractivity contribution in [3.8, 4) is 5.75 Å². The molecule has 0 N–H and O–H groups in total. The monoisotopic (exact) mass is 365 g/mol. The highest BCUT2D eigenvalue weighted by Crippen LogP contribution is 2.40. The van der Waals surface area contributed by atoms with Gasteiger partial charge in [0.2, 0.25) is 0 Å². The lowest BCUT2D eigenvalue weighted by atomic mass is 9.89. The lowest BCUT2D eigenvalue weighted by Gasteiger charge is -2.44. The normalized spacial score (nSPS) is 23.1. The van der Waals surface area contributed by atoms with Crippen LogP contribution in [-0.2, 0) is 9.47 Å². The van der Waals surface area contributed by atoms with Gasteiger partial charge < -0.3 is 14.2 Å². The molecule has 1 fully saturated rings. The van der Waals surface area contributed by atoms with E-state index in [9.17, 15) is 4.79 Å². The van der Waals surface area contributed by atoms with Crippen LogP contribution in [0.15, 0.2) is 24.3 Å². The van der Waals surface area contributed by atoms with Crippen molar-refractivity contribution >= 4 is 23.3 Å². The van der Waals surface area contributed by atoms with Crippen molar-refractivity contribution < 1.29 is 19.0 Å². The zero-order valence-corrected chi connectivity index (χ0v) is 15.8. The van der Waals surface area contributed by atoms with Crippen molar-refractivity contribution in [2.45, 2.75) is 44.9 Å². The molecular formula is C19H24ClNO4. The fraction of sp³-hybridized carbons (Fsp3) is 0.526. The molecule has 3 rings (SSSR count). The third-order valence-electron chi connectivity index (χ3n) is 4.32. The molecule has 0 spiro atoms. The first-order chi connectivity index (χ1) is 11.8. The molecule has 6 heteroatoms. The molecule has 2 heterocycles. The smallest absolute Gasteiger partial charge is 0.411 e. The van der Waals surface area contributed by atoms with E-state index in [4.69, 9.17) is 25.8 Å². The van der Waals surface area contributed by atoms with Crippen LogP contribution in [0, 0.1) is 0 Å². The number of carbonyl (C=O) groups excluding carboxylic acids is 1. The van der Waals surface area contributed by atoms with Gasteiger partial charge in [-0.2, -0.15) is 0 Å². The van der Waals surface area contributed by atoms with E-state index in [0.29, 0.717) is 24.7 Å². The number of halogens is 1. The first-order valence-electron chi connectivity index (χ1n) is 8.43. The summed E-state index contributed by atoms with van der Waals surface area (Å²) in [6.45, 7) is 6.55. The van der Waals surface area contributed by atoms with E-state index < -0.39 is 5.60 Å². The lowest BCUT2D eigenvalue weighted by Crippen LogP contribution is -2.57. The molecule has 5 nitrogen and oxygen atoms in total. The van der Waals surface area contributed by atoms with Crippen molar-refractivity contribution in [3.63, 3.8) is 0 Å². The van der Waals surface area contributed by atoms with Gasteiger partial charge >= 0.3 is 6.09 Å². The van der Waals surface area contributed by atoms with Crippen molar-refractivity contribution in [2.24, 2.45) is 0 Å². The van der Waals surface area contributed by atoms with E-state index >= 15 is 0 Å². The molecule has 2 aliphatic heterocycles. The Morgan fingerprint density at radius 2 is 2.08 bits per heavy atom. The number of methoxy groups -OCH3 is 1. The maximum Gasteiger partial charge on any atom is 0.411 e. The molecule has 0 aliphatic carbocycles. The largest absolute Gasteiger partial charge is 0.496 e. The minimum Gasteiger partial charge on any atom is -0.496 e. The number of carbonyl (C=O) groups is 1. The van der Waals surface area contributed by atoms with E-state index in [1.807, 2.05) is 45.0 Å². The van der Waals surface area contributed by atoms with Gasteiger partial charge in [-0.05, 0) is 44.9 Å². The van der Waals surface area contributed by atoms with Gasteiger partial charge in [-0.1, -0.05) is 23.7 Å². The van der Waals surface area contributed by atoms with E-state index in [1.165, 1.54) is 0 Å². The summed E-state index contributed by atoms with van der Waals surface area (Å²) in [5, 5.41) is 0.648. The maximum absolute atomic E-state index is 12.6. The molecule has 1 aromatic rings. The highest BCUT2D eigenvalue weighted by molar-refractivity contribution is 6.32. The number of fused-ring (bicyclic) bond motifs is 2. The maximum atomic E-state index is 12.6. The number of morpholine rings is 1. The fourth-order valence-electron chi connectivity index (χ4n) is 3.37. The topological polar surface area (TPSA) is 48.0 Å². The molecule has 0 radical (unpaired) electrons. The Kier molecular flexibility index (Phi) is 4.98. The van der Waals surface area contributed by atoms with Gasteiger partial charge in [0.25, 0.3) is 0 Å². The number of nitrogens with zero attached hydrogens (tertiary/aromatic N) is 1. The van der Waals surface area contributed by atoms with Crippen molar-refractivity contribution in [3.05, 3.63) is 34.9 Å². The van der Waals surface area contributed by atoms with Crippen LogP contribution >= 0.6 is 11.6 Å². The molecule has 2 atom stereocenters. The number of hydrogen-bond acceptors (Lipinski definition) is 4. The molecule has 1 aromatic carbocycles. The van der Waals surface area contributed by atoms with Gasteiger partial charge in [-0.15, -0.1) is 0 Å². The first kappa shape index (κ1) is 18.1. The van der Waals surface area contributed by atoms with Crippen LogP contribution in [0.3, 0.4) is 0 Å². The second kappa shape index (κ2) is 6.89. The van der Waals surface area contributed by atoms with Crippen molar-refractivity contribution in [1.29, 1.82) is 0 Å². The first-order valence-corrected chi connectivity index (χ1v) is 8.80. The van der Waals surface area contributed by atoms with Gasteiger partial charge in [0.15, 0.2) is 0 Å². The van der Waals surface area contributed by atoms with Crippen LogP contribution < -0.4 is 4.74 Å². The number of hydrogen-bond donors (Lipinski definition) is 0. The van der Waals surface area contributed by atoms with Crippen LogP contribution in [0.25, 0.3) is 5.57 Å². The summed E-state index contributed by atoms with van der Waals surface area (Å²) < 4.78 is 16.7. The van der Waals surface area contributed by atoms with E-state index in [0.717, 1.165) is 16.9 Å².